The first-order valence-electron chi connectivity index (χ1n) is 4.11. The highest BCUT2D eigenvalue weighted by Crippen LogP contribution is 2.37. The fourth-order valence-corrected chi connectivity index (χ4v) is 1.83. The van der Waals surface area contributed by atoms with Crippen molar-refractivity contribution in [3.05, 3.63) is 12.2 Å². The van der Waals surface area contributed by atoms with Gasteiger partial charge in [0.1, 0.15) is 5.60 Å². The van der Waals surface area contributed by atoms with Gasteiger partial charge in [-0.1, -0.05) is 6.08 Å². The number of ketones is 1. The molecule has 2 unspecified atom stereocenters. The highest BCUT2D eigenvalue weighted by atomic mass is 16.5. The zero-order valence-electron chi connectivity index (χ0n) is 6.75. The third-order valence-corrected chi connectivity index (χ3v) is 2.51. The molecular weight excluding hydrogens is 152 g/mol. The summed E-state index contributed by atoms with van der Waals surface area (Å²) in [7, 11) is 0. The molecule has 2 rings (SSSR count). The first-order chi connectivity index (χ1) is 5.77. The predicted molar refractivity (Wildman–Crippen MR) is 44.4 cm³/mol. The van der Waals surface area contributed by atoms with E-state index in [0.717, 1.165) is 12.8 Å². The van der Waals surface area contributed by atoms with Gasteiger partial charge in [-0.05, 0) is 18.9 Å². The van der Waals surface area contributed by atoms with Crippen LogP contribution in [-0.4, -0.2) is 17.5 Å². The van der Waals surface area contributed by atoms with Crippen molar-refractivity contribution in [3.8, 4) is 12.3 Å². The minimum absolute atomic E-state index is 0.0363. The smallest absolute Gasteiger partial charge is 0.188 e. The summed E-state index contributed by atoms with van der Waals surface area (Å²) in [5.74, 6) is 2.54. The molecule has 1 fully saturated rings. The van der Waals surface area contributed by atoms with Crippen molar-refractivity contribution in [3.63, 3.8) is 0 Å². The number of carbonyl (C=O) groups excluding carboxylic acids is 1. The molecule has 62 valence electrons. The van der Waals surface area contributed by atoms with Gasteiger partial charge in [-0.15, -0.1) is 12.3 Å². The van der Waals surface area contributed by atoms with Crippen LogP contribution in [0, 0.1) is 12.3 Å². The Bertz CT molecular complexity index is 285. The van der Waals surface area contributed by atoms with Crippen LogP contribution < -0.4 is 0 Å². The molecule has 0 N–H and O–H groups in total. The molecule has 2 nitrogen and oxygen atoms in total. The van der Waals surface area contributed by atoms with E-state index in [9.17, 15) is 4.79 Å². The van der Waals surface area contributed by atoms with Gasteiger partial charge >= 0.3 is 0 Å². The molecule has 2 aliphatic rings. The summed E-state index contributed by atoms with van der Waals surface area (Å²) in [6.07, 6.45) is 10.9. The molecule has 0 radical (unpaired) electrons. The molecule has 12 heavy (non-hydrogen) atoms. The van der Waals surface area contributed by atoms with E-state index >= 15 is 0 Å². The van der Waals surface area contributed by atoms with Crippen molar-refractivity contribution in [2.45, 2.75) is 31.0 Å². The Morgan fingerprint density at radius 2 is 2.67 bits per heavy atom. The molecule has 0 saturated carbocycles. The van der Waals surface area contributed by atoms with Crippen molar-refractivity contribution in [1.29, 1.82) is 0 Å². The van der Waals surface area contributed by atoms with Crippen molar-refractivity contribution in [2.75, 3.05) is 0 Å². The molecule has 2 aliphatic heterocycles. The van der Waals surface area contributed by atoms with E-state index < -0.39 is 5.60 Å². The maximum Gasteiger partial charge on any atom is 0.188 e. The van der Waals surface area contributed by atoms with Gasteiger partial charge in [0.2, 0.25) is 0 Å². The number of ether oxygens (including phenoxy) is 1. The molecule has 0 aliphatic carbocycles. The number of rotatable bonds is 1. The largest absolute Gasteiger partial charge is 0.359 e. The molecule has 0 amide bonds. The second-order valence-corrected chi connectivity index (χ2v) is 3.29. The zero-order valence-corrected chi connectivity index (χ0v) is 6.75. The fourth-order valence-electron chi connectivity index (χ4n) is 1.83. The van der Waals surface area contributed by atoms with Gasteiger partial charge in [0, 0.05) is 6.42 Å². The zero-order chi connectivity index (χ0) is 8.60. The summed E-state index contributed by atoms with van der Waals surface area (Å²) >= 11 is 0. The van der Waals surface area contributed by atoms with Crippen LogP contribution in [-0.2, 0) is 9.53 Å². The van der Waals surface area contributed by atoms with E-state index in [0.29, 0.717) is 6.42 Å². The molecule has 0 aromatic carbocycles. The third kappa shape index (κ3) is 0.904. The van der Waals surface area contributed by atoms with E-state index in [2.05, 4.69) is 5.92 Å². The second-order valence-electron chi connectivity index (χ2n) is 3.29. The Hall–Kier alpha value is -1.07. The van der Waals surface area contributed by atoms with Gasteiger partial charge in [-0.3, -0.25) is 4.79 Å². The summed E-state index contributed by atoms with van der Waals surface area (Å²) in [6.45, 7) is 0. The maximum absolute atomic E-state index is 11.5. The fraction of sp³-hybridized carbons (Fsp3) is 0.500. The average molecular weight is 162 g/mol. The van der Waals surface area contributed by atoms with Crippen LogP contribution in [0.15, 0.2) is 12.2 Å². The standard InChI is InChI=1S/C10H10O2/c1-2-6-10-7-5-8(12-10)3-4-9(10)11/h1,3-4,8H,5-7H2. The molecule has 1 saturated heterocycles. The van der Waals surface area contributed by atoms with E-state index in [-0.39, 0.29) is 11.9 Å². The summed E-state index contributed by atoms with van der Waals surface area (Å²) in [5, 5.41) is 0. The van der Waals surface area contributed by atoms with Crippen LogP contribution in [0.2, 0.25) is 0 Å². The minimum Gasteiger partial charge on any atom is -0.359 e. The monoisotopic (exact) mass is 162 g/mol. The number of hydrogen-bond acceptors (Lipinski definition) is 2. The van der Waals surface area contributed by atoms with Crippen LogP contribution in [0.25, 0.3) is 0 Å². The lowest BCUT2D eigenvalue weighted by molar-refractivity contribution is -0.137. The second kappa shape index (κ2) is 2.46. The van der Waals surface area contributed by atoms with Crippen LogP contribution in [0.5, 0.6) is 0 Å². The van der Waals surface area contributed by atoms with Crippen molar-refractivity contribution in [1.82, 2.24) is 0 Å². The summed E-state index contributed by atoms with van der Waals surface area (Å²) in [5.41, 5.74) is -0.659. The predicted octanol–water partition coefficient (Wildman–Crippen LogP) is 1.07. The van der Waals surface area contributed by atoms with Crippen molar-refractivity contribution >= 4 is 5.78 Å². The lowest BCUT2D eigenvalue weighted by atomic mass is 9.92. The molecule has 2 heteroatoms. The molecular formula is C10H10O2. The highest BCUT2D eigenvalue weighted by Gasteiger charge is 2.46. The molecule has 0 aromatic rings. The van der Waals surface area contributed by atoms with Gasteiger partial charge < -0.3 is 4.74 Å². The van der Waals surface area contributed by atoms with Crippen molar-refractivity contribution < 1.29 is 9.53 Å². The Morgan fingerprint density at radius 1 is 1.83 bits per heavy atom. The number of fused-ring (bicyclic) bond motifs is 2. The molecule has 0 aromatic heterocycles. The lowest BCUT2D eigenvalue weighted by Crippen LogP contribution is -2.39. The first-order valence-corrected chi connectivity index (χ1v) is 4.11. The summed E-state index contributed by atoms with van der Waals surface area (Å²) in [6, 6.07) is 0. The molecule has 2 bridgehead atoms. The van der Waals surface area contributed by atoms with Gasteiger partial charge in [0.25, 0.3) is 0 Å². The van der Waals surface area contributed by atoms with Gasteiger partial charge in [-0.2, -0.15) is 0 Å². The Labute approximate surface area is 71.6 Å². The number of carbonyl (C=O) groups is 1. The van der Waals surface area contributed by atoms with Crippen LogP contribution in [0.3, 0.4) is 0 Å². The Balaban J connectivity index is 2.31. The molecule has 2 atom stereocenters. The van der Waals surface area contributed by atoms with E-state index in [1.54, 1.807) is 6.08 Å². The lowest BCUT2D eigenvalue weighted by Gasteiger charge is -2.26. The van der Waals surface area contributed by atoms with Gasteiger partial charge in [0.05, 0.1) is 6.10 Å². The maximum atomic E-state index is 11.5. The van der Waals surface area contributed by atoms with E-state index in [1.165, 1.54) is 0 Å². The topological polar surface area (TPSA) is 26.3 Å². The SMILES string of the molecule is C#CCC12CCC(C=CC1=O)O2. The number of hydrogen-bond donors (Lipinski definition) is 0. The molecule has 0 spiro atoms. The Kier molecular flexibility index (Phi) is 1.55. The van der Waals surface area contributed by atoms with E-state index in [4.69, 9.17) is 11.2 Å². The van der Waals surface area contributed by atoms with Crippen molar-refractivity contribution in [2.24, 2.45) is 0 Å². The minimum atomic E-state index is -0.659. The van der Waals surface area contributed by atoms with Crippen LogP contribution in [0.4, 0.5) is 0 Å². The Morgan fingerprint density at radius 3 is 3.42 bits per heavy atom. The number of terminal acetylenes is 1. The third-order valence-electron chi connectivity index (χ3n) is 2.51. The highest BCUT2D eigenvalue weighted by molar-refractivity contribution is 5.98. The summed E-state index contributed by atoms with van der Waals surface area (Å²) < 4.78 is 5.56. The first kappa shape index (κ1) is 7.57. The average Bonchev–Trinajstić information content (AvgIpc) is 2.40. The van der Waals surface area contributed by atoms with E-state index in [1.807, 2.05) is 6.08 Å². The normalized spacial score (nSPS) is 38.2. The molecule has 2 heterocycles. The van der Waals surface area contributed by atoms with Crippen LogP contribution >= 0.6 is 0 Å². The van der Waals surface area contributed by atoms with Gasteiger partial charge in [-0.25, -0.2) is 0 Å². The van der Waals surface area contributed by atoms with Crippen LogP contribution in [0.1, 0.15) is 19.3 Å². The summed E-state index contributed by atoms with van der Waals surface area (Å²) in [4.78, 5) is 11.5. The quantitative estimate of drug-likeness (QED) is 0.539. The van der Waals surface area contributed by atoms with Gasteiger partial charge in [0.15, 0.2) is 5.78 Å².